The maximum Gasteiger partial charge on any atom is 0.235 e. The van der Waals surface area contributed by atoms with Gasteiger partial charge in [0.1, 0.15) is 0 Å². The molecule has 32 heavy (non-hydrogen) atoms. The molecule has 3 amide bonds. The summed E-state index contributed by atoms with van der Waals surface area (Å²) in [6.45, 7) is 4.83. The summed E-state index contributed by atoms with van der Waals surface area (Å²) >= 11 is 0. The number of imide groups is 1. The average molecular weight is 439 g/mol. The molecule has 3 aliphatic rings. The van der Waals surface area contributed by atoms with Crippen molar-refractivity contribution in [2.75, 3.05) is 44.2 Å². The fourth-order valence-corrected chi connectivity index (χ4v) is 5.31. The molecule has 0 aliphatic carbocycles. The molecule has 170 valence electrons. The smallest absolute Gasteiger partial charge is 0.235 e. The number of anilines is 1. The van der Waals surface area contributed by atoms with E-state index >= 15 is 0 Å². The van der Waals surface area contributed by atoms with Crippen molar-refractivity contribution in [3.05, 3.63) is 23.9 Å². The third-order valence-electron chi connectivity index (χ3n) is 7.06. The Kier molecular flexibility index (Phi) is 5.58. The van der Waals surface area contributed by atoms with Crippen LogP contribution in [0.5, 0.6) is 0 Å². The predicted octanol–water partition coefficient (Wildman–Crippen LogP) is 0.742. The summed E-state index contributed by atoms with van der Waals surface area (Å²) < 4.78 is 1.84. The highest BCUT2D eigenvalue weighted by atomic mass is 16.2. The zero-order valence-corrected chi connectivity index (χ0v) is 18.5. The van der Waals surface area contributed by atoms with Crippen LogP contribution >= 0.6 is 0 Å². The Labute approximate surface area is 187 Å². The minimum absolute atomic E-state index is 0.152. The quantitative estimate of drug-likeness (QED) is 0.686. The van der Waals surface area contributed by atoms with Crippen molar-refractivity contribution in [3.63, 3.8) is 0 Å². The largest absolute Gasteiger partial charge is 0.366 e. The standard InChI is InChI=1S/C23H30N6O3/c1-27-21-16(20(26-27)17-5-6-19(30)25-22(17)31)3-2-4-18(21)28-11-13-29(14-12-28)23(32)15-7-9-24-10-8-15/h2-4,15,17,24H,5-14H2,1H3,(H,25,30,31). The van der Waals surface area contributed by atoms with Gasteiger partial charge in [-0.25, -0.2) is 0 Å². The van der Waals surface area contributed by atoms with Gasteiger partial charge in [0.2, 0.25) is 17.7 Å². The lowest BCUT2D eigenvalue weighted by Crippen LogP contribution is -2.51. The van der Waals surface area contributed by atoms with Gasteiger partial charge in [-0.15, -0.1) is 0 Å². The van der Waals surface area contributed by atoms with Gasteiger partial charge in [0, 0.05) is 51.0 Å². The maximum absolute atomic E-state index is 12.9. The second-order valence-corrected chi connectivity index (χ2v) is 9.02. The van der Waals surface area contributed by atoms with Crippen LogP contribution in [0.2, 0.25) is 0 Å². The predicted molar refractivity (Wildman–Crippen MR) is 120 cm³/mol. The number of nitrogens with one attached hydrogen (secondary N) is 2. The third-order valence-corrected chi connectivity index (χ3v) is 7.06. The molecule has 9 nitrogen and oxygen atoms in total. The molecule has 1 atom stereocenters. The maximum atomic E-state index is 12.9. The summed E-state index contributed by atoms with van der Waals surface area (Å²) in [6.07, 6.45) is 2.67. The summed E-state index contributed by atoms with van der Waals surface area (Å²) in [4.78, 5) is 41.2. The monoisotopic (exact) mass is 438 g/mol. The normalized spacial score (nSPS) is 23.0. The van der Waals surface area contributed by atoms with Crippen LogP contribution in [0.4, 0.5) is 5.69 Å². The van der Waals surface area contributed by atoms with Gasteiger partial charge in [-0.1, -0.05) is 12.1 Å². The van der Waals surface area contributed by atoms with Crippen LogP contribution in [0.15, 0.2) is 18.2 Å². The molecule has 3 fully saturated rings. The Hall–Kier alpha value is -2.94. The van der Waals surface area contributed by atoms with Crippen molar-refractivity contribution < 1.29 is 14.4 Å². The van der Waals surface area contributed by atoms with Gasteiger partial charge in [-0.3, -0.25) is 24.4 Å². The summed E-state index contributed by atoms with van der Waals surface area (Å²) in [5, 5.41) is 11.4. The van der Waals surface area contributed by atoms with E-state index in [9.17, 15) is 14.4 Å². The van der Waals surface area contributed by atoms with Gasteiger partial charge in [-0.2, -0.15) is 5.10 Å². The molecular formula is C23H30N6O3. The first-order chi connectivity index (χ1) is 15.5. The molecule has 5 rings (SSSR count). The van der Waals surface area contributed by atoms with E-state index in [2.05, 4.69) is 21.6 Å². The lowest BCUT2D eigenvalue weighted by Gasteiger charge is -2.38. The molecule has 0 spiro atoms. The lowest BCUT2D eigenvalue weighted by molar-refractivity contribution is -0.137. The van der Waals surface area contributed by atoms with Crippen LogP contribution in [0.3, 0.4) is 0 Å². The highest BCUT2D eigenvalue weighted by Crippen LogP contribution is 2.35. The second-order valence-electron chi connectivity index (χ2n) is 9.02. The van der Waals surface area contributed by atoms with Crippen molar-refractivity contribution in [1.82, 2.24) is 25.3 Å². The number of nitrogens with zero attached hydrogens (tertiary/aromatic N) is 4. The van der Waals surface area contributed by atoms with Crippen molar-refractivity contribution in [2.24, 2.45) is 13.0 Å². The van der Waals surface area contributed by atoms with Crippen LogP contribution in [0.1, 0.15) is 37.3 Å². The zero-order valence-electron chi connectivity index (χ0n) is 18.5. The number of rotatable bonds is 3. The van der Waals surface area contributed by atoms with E-state index in [4.69, 9.17) is 5.10 Å². The average Bonchev–Trinajstić information content (AvgIpc) is 3.16. The first-order valence-electron chi connectivity index (χ1n) is 11.6. The van der Waals surface area contributed by atoms with Crippen molar-refractivity contribution in [3.8, 4) is 0 Å². The zero-order chi connectivity index (χ0) is 22.2. The summed E-state index contributed by atoms with van der Waals surface area (Å²) in [5.41, 5.74) is 2.80. The number of piperazine rings is 1. The molecule has 2 N–H and O–H groups in total. The number of carbonyl (C=O) groups excluding carboxylic acids is 3. The van der Waals surface area contributed by atoms with Gasteiger partial charge >= 0.3 is 0 Å². The number of carbonyl (C=O) groups is 3. The highest BCUT2D eigenvalue weighted by molar-refractivity contribution is 6.03. The molecule has 3 aliphatic heterocycles. The number of para-hydroxylation sites is 1. The van der Waals surface area contributed by atoms with Crippen LogP contribution in [0, 0.1) is 5.92 Å². The minimum atomic E-state index is -0.411. The highest BCUT2D eigenvalue weighted by Gasteiger charge is 2.33. The van der Waals surface area contributed by atoms with Crippen molar-refractivity contribution >= 4 is 34.3 Å². The Morgan fingerprint density at radius 2 is 1.81 bits per heavy atom. The van der Waals surface area contributed by atoms with Gasteiger partial charge in [0.15, 0.2) is 0 Å². The third kappa shape index (κ3) is 3.74. The molecule has 1 aromatic carbocycles. The van der Waals surface area contributed by atoms with E-state index in [0.29, 0.717) is 18.7 Å². The van der Waals surface area contributed by atoms with E-state index < -0.39 is 5.92 Å². The number of amides is 3. The van der Waals surface area contributed by atoms with E-state index in [1.165, 1.54) is 0 Å². The van der Waals surface area contributed by atoms with Gasteiger partial charge in [0.05, 0.1) is 22.8 Å². The molecule has 1 unspecified atom stereocenters. The fraction of sp³-hybridized carbons (Fsp3) is 0.565. The fourth-order valence-electron chi connectivity index (χ4n) is 5.31. The first-order valence-corrected chi connectivity index (χ1v) is 11.6. The topological polar surface area (TPSA) is 99.6 Å². The van der Waals surface area contributed by atoms with E-state index in [1.54, 1.807) is 0 Å². The molecule has 0 radical (unpaired) electrons. The molecule has 4 heterocycles. The Morgan fingerprint density at radius 3 is 2.53 bits per heavy atom. The molecule has 0 bridgehead atoms. The van der Waals surface area contributed by atoms with E-state index in [-0.39, 0.29) is 17.7 Å². The van der Waals surface area contributed by atoms with Gasteiger partial charge < -0.3 is 15.1 Å². The van der Waals surface area contributed by atoms with Gasteiger partial charge in [0.25, 0.3) is 0 Å². The Morgan fingerprint density at radius 1 is 1.06 bits per heavy atom. The van der Waals surface area contributed by atoms with Crippen molar-refractivity contribution in [1.29, 1.82) is 0 Å². The second kappa shape index (κ2) is 8.54. The Balaban J connectivity index is 1.35. The van der Waals surface area contributed by atoms with E-state index in [1.807, 2.05) is 28.8 Å². The summed E-state index contributed by atoms with van der Waals surface area (Å²) in [5.74, 6) is -0.448. The number of hydrogen-bond acceptors (Lipinski definition) is 6. The van der Waals surface area contributed by atoms with Gasteiger partial charge in [-0.05, 0) is 38.4 Å². The molecule has 2 aromatic rings. The number of benzene rings is 1. The molecule has 1 aromatic heterocycles. The molecule has 0 saturated carbocycles. The van der Waals surface area contributed by atoms with Crippen LogP contribution in [-0.4, -0.2) is 71.7 Å². The Bertz CT molecular complexity index is 1050. The number of aromatic nitrogens is 2. The van der Waals surface area contributed by atoms with Crippen LogP contribution in [-0.2, 0) is 21.4 Å². The molecular weight excluding hydrogens is 408 g/mol. The minimum Gasteiger partial charge on any atom is -0.366 e. The van der Waals surface area contributed by atoms with E-state index in [0.717, 1.165) is 74.4 Å². The molecule has 3 saturated heterocycles. The first kappa shape index (κ1) is 20.9. The SMILES string of the molecule is Cn1nc(C2CCC(=O)NC2=O)c2cccc(N3CCN(C(=O)C4CCNCC4)CC3)c21. The number of hydrogen-bond donors (Lipinski definition) is 2. The summed E-state index contributed by atoms with van der Waals surface area (Å²) in [7, 11) is 1.90. The van der Waals surface area contributed by atoms with Crippen LogP contribution in [0.25, 0.3) is 10.9 Å². The number of fused-ring (bicyclic) bond motifs is 1. The number of aryl methyl sites for hydroxylation is 1. The lowest BCUT2D eigenvalue weighted by atomic mass is 9.92. The van der Waals surface area contributed by atoms with Crippen molar-refractivity contribution in [2.45, 2.75) is 31.6 Å². The van der Waals surface area contributed by atoms with Crippen LogP contribution < -0.4 is 15.5 Å². The molecule has 9 heteroatoms. The summed E-state index contributed by atoms with van der Waals surface area (Å²) in [6, 6.07) is 6.09. The number of piperidine rings is 2.